The molecule has 110 valence electrons. The molecule has 0 saturated heterocycles. The minimum atomic E-state index is -0.991. The highest BCUT2D eigenvalue weighted by molar-refractivity contribution is 6.30. The van der Waals surface area contributed by atoms with E-state index in [1.807, 2.05) is 24.3 Å². The minimum Gasteiger partial charge on any atom is -0.478 e. The van der Waals surface area contributed by atoms with Crippen LogP contribution in [0.15, 0.2) is 48.5 Å². The molecule has 0 spiro atoms. The Morgan fingerprint density at radius 3 is 2.43 bits per heavy atom. The van der Waals surface area contributed by atoms with Crippen molar-refractivity contribution in [3.63, 3.8) is 0 Å². The summed E-state index contributed by atoms with van der Waals surface area (Å²) in [4.78, 5) is 11.4. The quantitative estimate of drug-likeness (QED) is 0.878. The summed E-state index contributed by atoms with van der Waals surface area (Å²) in [5.74, 6) is -0.533. The Kier molecular flexibility index (Phi) is 5.23. The Bertz CT molecular complexity index is 608. The number of aryl methyl sites for hydroxylation is 1. The molecule has 1 N–H and O–H groups in total. The second-order valence-electron chi connectivity index (χ2n) is 4.78. The number of carbonyl (C=O) groups is 1. The van der Waals surface area contributed by atoms with Crippen LogP contribution in [0.5, 0.6) is 5.75 Å². The van der Waals surface area contributed by atoms with Crippen LogP contribution >= 0.6 is 11.6 Å². The molecule has 0 bridgehead atoms. The molecule has 0 aliphatic rings. The maximum atomic E-state index is 11.4. The zero-order valence-corrected chi connectivity index (χ0v) is 12.5. The average Bonchev–Trinajstić information content (AvgIpc) is 2.47. The van der Waals surface area contributed by atoms with Crippen molar-refractivity contribution in [1.29, 1.82) is 0 Å². The molecule has 0 aromatic heterocycles. The predicted molar refractivity (Wildman–Crippen MR) is 83.0 cm³/mol. The number of rotatable bonds is 6. The van der Waals surface area contributed by atoms with Crippen LogP contribution in [0.4, 0.5) is 0 Å². The zero-order chi connectivity index (χ0) is 15.2. The monoisotopic (exact) mass is 304 g/mol. The number of hydrogen-bond acceptors (Lipinski definition) is 2. The second kappa shape index (κ2) is 7.14. The molecular weight excluding hydrogens is 288 g/mol. The molecule has 0 amide bonds. The molecule has 0 unspecified atom stereocenters. The van der Waals surface area contributed by atoms with Gasteiger partial charge in [0.05, 0.1) is 0 Å². The summed E-state index contributed by atoms with van der Waals surface area (Å²) in [5, 5.41) is 9.83. The van der Waals surface area contributed by atoms with Gasteiger partial charge in [-0.25, -0.2) is 4.79 Å². The average molecular weight is 305 g/mol. The van der Waals surface area contributed by atoms with Crippen LogP contribution in [0.3, 0.4) is 0 Å². The van der Waals surface area contributed by atoms with Gasteiger partial charge in [0.1, 0.15) is 5.75 Å². The number of benzene rings is 2. The molecule has 0 saturated carbocycles. The van der Waals surface area contributed by atoms with Gasteiger partial charge in [-0.15, -0.1) is 0 Å². The van der Waals surface area contributed by atoms with E-state index in [1.54, 1.807) is 24.3 Å². The van der Waals surface area contributed by atoms with E-state index in [0.717, 1.165) is 12.0 Å². The third-order valence-electron chi connectivity index (χ3n) is 3.20. The number of ether oxygens (including phenoxy) is 1. The molecule has 2 rings (SSSR count). The van der Waals surface area contributed by atoms with Crippen LogP contribution in [0.25, 0.3) is 0 Å². The Morgan fingerprint density at radius 2 is 1.86 bits per heavy atom. The summed E-state index contributed by atoms with van der Waals surface area (Å²) in [6.07, 6.45) is 0.337. The highest BCUT2D eigenvalue weighted by atomic mass is 35.5. The SMILES string of the molecule is CCc1ccc(C[C@@H](Oc2cccc(Cl)c2)C(=O)O)cc1. The number of hydrogen-bond donors (Lipinski definition) is 1. The molecule has 0 radical (unpaired) electrons. The Morgan fingerprint density at radius 1 is 1.19 bits per heavy atom. The van der Waals surface area contributed by atoms with Crippen molar-refractivity contribution in [1.82, 2.24) is 0 Å². The molecule has 0 aliphatic carbocycles. The summed E-state index contributed by atoms with van der Waals surface area (Å²) < 4.78 is 5.53. The van der Waals surface area contributed by atoms with E-state index >= 15 is 0 Å². The number of aliphatic carboxylic acids is 1. The van der Waals surface area contributed by atoms with E-state index in [9.17, 15) is 9.90 Å². The fourth-order valence-corrected chi connectivity index (χ4v) is 2.19. The largest absolute Gasteiger partial charge is 0.478 e. The number of halogens is 1. The summed E-state index contributed by atoms with van der Waals surface area (Å²) in [6.45, 7) is 2.08. The van der Waals surface area contributed by atoms with Gasteiger partial charge in [-0.1, -0.05) is 48.9 Å². The number of carboxylic acids is 1. The lowest BCUT2D eigenvalue weighted by Gasteiger charge is -2.15. The molecule has 0 fully saturated rings. The molecule has 0 heterocycles. The van der Waals surface area contributed by atoms with Crippen LogP contribution < -0.4 is 4.74 Å². The van der Waals surface area contributed by atoms with Crippen molar-refractivity contribution in [2.75, 3.05) is 0 Å². The van der Waals surface area contributed by atoms with Gasteiger partial charge in [-0.2, -0.15) is 0 Å². The van der Waals surface area contributed by atoms with E-state index in [1.165, 1.54) is 5.56 Å². The first-order valence-electron chi connectivity index (χ1n) is 6.81. The first kappa shape index (κ1) is 15.4. The molecular formula is C17H17ClO3. The summed E-state index contributed by atoms with van der Waals surface area (Å²) >= 11 is 5.87. The minimum absolute atomic E-state index is 0.311. The van der Waals surface area contributed by atoms with E-state index < -0.39 is 12.1 Å². The van der Waals surface area contributed by atoms with Crippen LogP contribution in [0, 0.1) is 0 Å². The van der Waals surface area contributed by atoms with Gasteiger partial charge >= 0.3 is 5.97 Å². The molecule has 1 atom stereocenters. The van der Waals surface area contributed by atoms with Gasteiger partial charge in [0.25, 0.3) is 0 Å². The van der Waals surface area contributed by atoms with Crippen molar-refractivity contribution in [3.05, 3.63) is 64.7 Å². The highest BCUT2D eigenvalue weighted by Gasteiger charge is 2.20. The standard InChI is InChI=1S/C17H17ClO3/c1-2-12-6-8-13(9-7-12)10-16(17(19)20)21-15-5-3-4-14(18)11-15/h3-9,11,16H,2,10H2,1H3,(H,19,20)/t16-/m1/s1. The first-order valence-corrected chi connectivity index (χ1v) is 7.19. The topological polar surface area (TPSA) is 46.5 Å². The van der Waals surface area contributed by atoms with E-state index in [2.05, 4.69) is 6.92 Å². The lowest BCUT2D eigenvalue weighted by Crippen LogP contribution is -2.29. The van der Waals surface area contributed by atoms with E-state index in [4.69, 9.17) is 16.3 Å². The van der Waals surface area contributed by atoms with Gasteiger partial charge in [0.2, 0.25) is 0 Å². The zero-order valence-electron chi connectivity index (χ0n) is 11.8. The van der Waals surface area contributed by atoms with Gasteiger partial charge in [0, 0.05) is 11.4 Å². The third kappa shape index (κ3) is 4.50. The van der Waals surface area contributed by atoms with Gasteiger partial charge in [-0.3, -0.25) is 0 Å². The van der Waals surface area contributed by atoms with Crippen LogP contribution in [-0.4, -0.2) is 17.2 Å². The highest BCUT2D eigenvalue weighted by Crippen LogP contribution is 2.20. The molecule has 3 nitrogen and oxygen atoms in total. The van der Waals surface area contributed by atoms with Crippen molar-refractivity contribution in [2.24, 2.45) is 0 Å². The second-order valence-corrected chi connectivity index (χ2v) is 5.21. The lowest BCUT2D eigenvalue weighted by molar-refractivity contribution is -0.145. The Labute approximate surface area is 129 Å². The normalized spacial score (nSPS) is 11.9. The maximum Gasteiger partial charge on any atom is 0.345 e. The summed E-state index contributed by atoms with van der Waals surface area (Å²) in [6, 6.07) is 14.6. The van der Waals surface area contributed by atoms with Crippen molar-refractivity contribution in [3.8, 4) is 5.75 Å². The fraction of sp³-hybridized carbons (Fsp3) is 0.235. The molecule has 2 aromatic rings. The molecule has 21 heavy (non-hydrogen) atoms. The number of carboxylic acid groups (broad SMARTS) is 1. The Balaban J connectivity index is 2.10. The van der Waals surface area contributed by atoms with Crippen LogP contribution in [0.2, 0.25) is 5.02 Å². The molecule has 0 aliphatic heterocycles. The van der Waals surface area contributed by atoms with Gasteiger partial charge in [-0.05, 0) is 35.7 Å². The molecule has 2 aromatic carbocycles. The Hall–Kier alpha value is -2.00. The fourth-order valence-electron chi connectivity index (χ4n) is 2.01. The lowest BCUT2D eigenvalue weighted by atomic mass is 10.0. The van der Waals surface area contributed by atoms with E-state index in [-0.39, 0.29) is 0 Å². The summed E-state index contributed by atoms with van der Waals surface area (Å²) in [5.41, 5.74) is 2.16. The molecule has 4 heteroatoms. The van der Waals surface area contributed by atoms with Crippen LogP contribution in [-0.2, 0) is 17.6 Å². The van der Waals surface area contributed by atoms with Crippen molar-refractivity contribution >= 4 is 17.6 Å². The third-order valence-corrected chi connectivity index (χ3v) is 3.44. The van der Waals surface area contributed by atoms with Crippen molar-refractivity contribution < 1.29 is 14.6 Å². The van der Waals surface area contributed by atoms with Gasteiger partial charge in [0.15, 0.2) is 6.10 Å². The van der Waals surface area contributed by atoms with E-state index in [0.29, 0.717) is 17.2 Å². The van der Waals surface area contributed by atoms with Crippen LogP contribution in [0.1, 0.15) is 18.1 Å². The van der Waals surface area contributed by atoms with Crippen molar-refractivity contribution in [2.45, 2.75) is 25.9 Å². The van der Waals surface area contributed by atoms with Gasteiger partial charge < -0.3 is 9.84 Å². The summed E-state index contributed by atoms with van der Waals surface area (Å²) in [7, 11) is 0. The smallest absolute Gasteiger partial charge is 0.345 e. The predicted octanol–water partition coefficient (Wildman–Crippen LogP) is 3.98. The first-order chi connectivity index (χ1) is 10.1. The maximum absolute atomic E-state index is 11.4.